The number of hydrogen-bond donors (Lipinski definition) is 3. The Bertz CT molecular complexity index is 131. The summed E-state index contributed by atoms with van der Waals surface area (Å²) >= 11 is 0. The van der Waals surface area contributed by atoms with Crippen molar-refractivity contribution in [1.82, 2.24) is 0 Å². The third-order valence-electron chi connectivity index (χ3n) is 1.52. The number of aliphatic hydroxyl groups excluding tert-OH is 3. The second-order valence-corrected chi connectivity index (χ2v) is 2.27. The lowest BCUT2D eigenvalue weighted by Crippen LogP contribution is -2.42. The number of aliphatic hydroxyl groups is 3. The Hall–Kier alpha value is -0.230. The van der Waals surface area contributed by atoms with Crippen molar-refractivity contribution in [3.8, 4) is 0 Å². The van der Waals surface area contributed by atoms with E-state index in [1.807, 2.05) is 0 Å². The lowest BCUT2D eigenvalue weighted by molar-refractivity contribution is -0.182. The van der Waals surface area contributed by atoms with E-state index in [1.165, 1.54) is 0 Å². The highest BCUT2D eigenvalue weighted by molar-refractivity contribution is 4.89. The van der Waals surface area contributed by atoms with Crippen LogP contribution in [0.15, 0.2) is 0 Å². The third-order valence-corrected chi connectivity index (χ3v) is 1.52. The highest BCUT2D eigenvalue weighted by Gasteiger charge is 2.49. The molecule has 4 nitrogen and oxygen atoms in total. The Balaban J connectivity index is 2.64. The van der Waals surface area contributed by atoms with Crippen LogP contribution in [0, 0.1) is 0 Å². The second kappa shape index (κ2) is 2.43. The van der Waals surface area contributed by atoms with Crippen LogP contribution in [0.25, 0.3) is 0 Å². The van der Waals surface area contributed by atoms with E-state index in [-0.39, 0.29) is 6.61 Å². The number of hydrogen-bond acceptors (Lipinski definition) is 4. The quantitative estimate of drug-likeness (QED) is 0.423. The van der Waals surface area contributed by atoms with Crippen LogP contribution >= 0.6 is 0 Å². The molecule has 0 aromatic carbocycles. The highest BCUT2D eigenvalue weighted by Crippen LogP contribution is 2.27. The molecule has 1 heterocycles. The van der Waals surface area contributed by atoms with Gasteiger partial charge in [-0.15, -0.1) is 0 Å². The number of alkyl halides is 1. The van der Waals surface area contributed by atoms with Gasteiger partial charge in [0.05, 0.1) is 6.61 Å². The maximum Gasteiger partial charge on any atom is 0.261 e. The molecule has 1 rings (SSSR count). The van der Waals surface area contributed by atoms with Gasteiger partial charge in [-0.05, 0) is 0 Å². The SMILES string of the molecule is OCC1(F)OCC(O)C1O. The summed E-state index contributed by atoms with van der Waals surface area (Å²) in [5.41, 5.74) is 0. The zero-order valence-corrected chi connectivity index (χ0v) is 5.20. The lowest BCUT2D eigenvalue weighted by Gasteiger charge is -2.19. The smallest absolute Gasteiger partial charge is 0.261 e. The summed E-state index contributed by atoms with van der Waals surface area (Å²) in [5, 5.41) is 25.9. The summed E-state index contributed by atoms with van der Waals surface area (Å²) in [6.45, 7) is -1.22. The molecule has 0 aliphatic carbocycles. The number of ether oxygens (including phenoxy) is 1. The molecular weight excluding hydrogens is 143 g/mol. The van der Waals surface area contributed by atoms with Gasteiger partial charge in [-0.2, -0.15) is 0 Å². The first-order valence-electron chi connectivity index (χ1n) is 2.90. The van der Waals surface area contributed by atoms with Crippen LogP contribution in [0.1, 0.15) is 0 Å². The summed E-state index contributed by atoms with van der Waals surface area (Å²) in [6, 6.07) is 0. The molecule has 3 unspecified atom stereocenters. The molecule has 5 heteroatoms. The van der Waals surface area contributed by atoms with Gasteiger partial charge in [0.2, 0.25) is 0 Å². The number of rotatable bonds is 1. The van der Waals surface area contributed by atoms with Crippen molar-refractivity contribution in [2.75, 3.05) is 13.2 Å². The largest absolute Gasteiger partial charge is 0.390 e. The van der Waals surface area contributed by atoms with Crippen LogP contribution in [0.2, 0.25) is 0 Å². The van der Waals surface area contributed by atoms with Gasteiger partial charge in [0.25, 0.3) is 5.85 Å². The molecule has 0 radical (unpaired) electrons. The summed E-state index contributed by atoms with van der Waals surface area (Å²) in [6.07, 6.45) is -2.88. The van der Waals surface area contributed by atoms with Crippen molar-refractivity contribution >= 4 is 0 Å². The van der Waals surface area contributed by atoms with Crippen molar-refractivity contribution in [3.05, 3.63) is 0 Å². The van der Waals surface area contributed by atoms with Crippen molar-refractivity contribution in [1.29, 1.82) is 0 Å². The summed E-state index contributed by atoms with van der Waals surface area (Å²) in [7, 11) is 0. The fourth-order valence-corrected chi connectivity index (χ4v) is 0.827. The topological polar surface area (TPSA) is 69.9 Å². The van der Waals surface area contributed by atoms with E-state index in [1.54, 1.807) is 0 Å². The second-order valence-electron chi connectivity index (χ2n) is 2.27. The Labute approximate surface area is 56.9 Å². The first kappa shape index (κ1) is 7.87. The van der Waals surface area contributed by atoms with Crippen LogP contribution in [-0.2, 0) is 4.74 Å². The molecule has 0 saturated carbocycles. The Kier molecular flexibility index (Phi) is 1.91. The van der Waals surface area contributed by atoms with Crippen molar-refractivity contribution in [2.45, 2.75) is 18.1 Å². The fourth-order valence-electron chi connectivity index (χ4n) is 0.827. The molecular formula is C5H9FO4. The maximum atomic E-state index is 12.8. The van der Waals surface area contributed by atoms with Gasteiger partial charge in [0.1, 0.15) is 18.8 Å². The summed E-state index contributed by atoms with van der Waals surface area (Å²) in [5.74, 6) is -2.47. The van der Waals surface area contributed by atoms with Crippen LogP contribution in [0.5, 0.6) is 0 Å². The molecule has 1 saturated heterocycles. The number of halogens is 1. The van der Waals surface area contributed by atoms with Gasteiger partial charge < -0.3 is 20.1 Å². The van der Waals surface area contributed by atoms with Gasteiger partial charge in [-0.3, -0.25) is 0 Å². The molecule has 0 aromatic heterocycles. The van der Waals surface area contributed by atoms with E-state index in [9.17, 15) is 4.39 Å². The van der Waals surface area contributed by atoms with Gasteiger partial charge in [0.15, 0.2) is 0 Å². The fraction of sp³-hybridized carbons (Fsp3) is 1.00. The van der Waals surface area contributed by atoms with Crippen LogP contribution in [0.4, 0.5) is 4.39 Å². The normalized spacial score (nSPS) is 48.0. The van der Waals surface area contributed by atoms with Gasteiger partial charge in [-0.1, -0.05) is 0 Å². The third kappa shape index (κ3) is 1.01. The minimum Gasteiger partial charge on any atom is -0.390 e. The molecule has 60 valence electrons. The van der Waals surface area contributed by atoms with E-state index in [4.69, 9.17) is 15.3 Å². The van der Waals surface area contributed by atoms with Crippen LogP contribution in [-0.4, -0.2) is 46.6 Å². The van der Waals surface area contributed by atoms with E-state index >= 15 is 0 Å². The highest BCUT2D eigenvalue weighted by atomic mass is 19.2. The van der Waals surface area contributed by atoms with Gasteiger partial charge >= 0.3 is 0 Å². The Morgan fingerprint density at radius 3 is 2.40 bits per heavy atom. The zero-order valence-electron chi connectivity index (χ0n) is 5.20. The predicted molar refractivity (Wildman–Crippen MR) is 28.9 cm³/mol. The Morgan fingerprint density at radius 1 is 1.60 bits per heavy atom. The first-order valence-corrected chi connectivity index (χ1v) is 2.90. The minimum absolute atomic E-state index is 0.280. The maximum absolute atomic E-state index is 12.8. The molecule has 3 N–H and O–H groups in total. The molecule has 3 atom stereocenters. The molecule has 0 bridgehead atoms. The molecule has 0 spiro atoms. The monoisotopic (exact) mass is 152 g/mol. The summed E-state index contributed by atoms with van der Waals surface area (Å²) < 4.78 is 17.1. The van der Waals surface area contributed by atoms with Gasteiger partial charge in [-0.25, -0.2) is 4.39 Å². The van der Waals surface area contributed by atoms with E-state index in [0.29, 0.717) is 0 Å². The molecule has 0 aromatic rings. The van der Waals surface area contributed by atoms with Crippen LogP contribution < -0.4 is 0 Å². The molecule has 1 aliphatic rings. The van der Waals surface area contributed by atoms with E-state index in [2.05, 4.69) is 4.74 Å². The standard InChI is InChI=1S/C5H9FO4/c6-5(2-7)4(9)3(8)1-10-5/h3-4,7-9H,1-2H2. The first-order chi connectivity index (χ1) is 4.60. The lowest BCUT2D eigenvalue weighted by atomic mass is 10.1. The average Bonchev–Trinajstić information content (AvgIpc) is 2.19. The van der Waals surface area contributed by atoms with Gasteiger partial charge in [0, 0.05) is 0 Å². The van der Waals surface area contributed by atoms with Crippen molar-refractivity contribution < 1.29 is 24.4 Å². The predicted octanol–water partition coefficient (Wildman–Crippen LogP) is -1.60. The van der Waals surface area contributed by atoms with E-state index < -0.39 is 24.7 Å². The summed E-state index contributed by atoms with van der Waals surface area (Å²) in [4.78, 5) is 0. The molecule has 1 aliphatic heterocycles. The van der Waals surface area contributed by atoms with Crippen molar-refractivity contribution in [3.63, 3.8) is 0 Å². The van der Waals surface area contributed by atoms with Crippen LogP contribution in [0.3, 0.4) is 0 Å². The van der Waals surface area contributed by atoms with E-state index in [0.717, 1.165) is 0 Å². The Morgan fingerprint density at radius 2 is 2.20 bits per heavy atom. The molecule has 10 heavy (non-hydrogen) atoms. The molecule has 1 fully saturated rings. The zero-order chi connectivity index (χ0) is 7.78. The average molecular weight is 152 g/mol. The van der Waals surface area contributed by atoms with Crippen molar-refractivity contribution in [2.24, 2.45) is 0 Å². The molecule has 0 amide bonds. The minimum atomic E-state index is -2.47.